The molecular formula is C13H19ClN2O3S. The fourth-order valence-electron chi connectivity index (χ4n) is 2.27. The maximum absolute atomic E-state index is 12.0. The Hall–Kier alpha value is -0.690. The third-order valence-electron chi connectivity index (χ3n) is 3.32. The summed E-state index contributed by atoms with van der Waals surface area (Å²) in [7, 11) is -3.62. The molecule has 0 radical (unpaired) electrons. The summed E-state index contributed by atoms with van der Waals surface area (Å²) in [6.45, 7) is 0.617. The SMILES string of the molecule is O=S(=O)(NCCOC1CCCCC1)c1cnccc1Cl. The molecule has 0 saturated heterocycles. The number of rotatable bonds is 6. The Labute approximate surface area is 124 Å². The zero-order chi connectivity index (χ0) is 14.4. The van der Waals surface area contributed by atoms with Crippen molar-refractivity contribution in [2.75, 3.05) is 13.2 Å². The van der Waals surface area contributed by atoms with Crippen LogP contribution in [0.15, 0.2) is 23.4 Å². The van der Waals surface area contributed by atoms with Gasteiger partial charge >= 0.3 is 0 Å². The lowest BCUT2D eigenvalue weighted by molar-refractivity contribution is 0.0321. The smallest absolute Gasteiger partial charge is 0.243 e. The molecule has 1 heterocycles. The molecule has 1 aliphatic rings. The van der Waals surface area contributed by atoms with Crippen molar-refractivity contribution in [2.24, 2.45) is 0 Å². The van der Waals surface area contributed by atoms with Crippen LogP contribution in [0.2, 0.25) is 5.02 Å². The van der Waals surface area contributed by atoms with Crippen molar-refractivity contribution in [2.45, 2.75) is 43.1 Å². The topological polar surface area (TPSA) is 68.3 Å². The molecule has 2 rings (SSSR count). The molecule has 1 aromatic heterocycles. The molecular weight excluding hydrogens is 300 g/mol. The van der Waals surface area contributed by atoms with Gasteiger partial charge < -0.3 is 4.74 Å². The second kappa shape index (κ2) is 7.36. The van der Waals surface area contributed by atoms with Gasteiger partial charge in [-0.1, -0.05) is 30.9 Å². The van der Waals surface area contributed by atoms with Crippen LogP contribution in [-0.4, -0.2) is 32.7 Å². The molecule has 0 spiro atoms. The van der Waals surface area contributed by atoms with E-state index in [2.05, 4.69) is 9.71 Å². The molecule has 1 saturated carbocycles. The minimum Gasteiger partial charge on any atom is -0.377 e. The molecule has 20 heavy (non-hydrogen) atoms. The molecule has 0 unspecified atom stereocenters. The van der Waals surface area contributed by atoms with Gasteiger partial charge in [-0.05, 0) is 18.9 Å². The molecule has 0 aromatic carbocycles. The van der Waals surface area contributed by atoms with Gasteiger partial charge in [-0.3, -0.25) is 4.98 Å². The number of nitrogens with zero attached hydrogens (tertiary/aromatic N) is 1. The van der Waals surface area contributed by atoms with Crippen LogP contribution in [0, 0.1) is 0 Å². The van der Waals surface area contributed by atoms with E-state index >= 15 is 0 Å². The van der Waals surface area contributed by atoms with E-state index in [1.54, 1.807) is 0 Å². The zero-order valence-electron chi connectivity index (χ0n) is 11.2. The first-order valence-corrected chi connectivity index (χ1v) is 8.66. The summed E-state index contributed by atoms with van der Waals surface area (Å²) in [6.07, 6.45) is 8.77. The summed E-state index contributed by atoms with van der Waals surface area (Å²) in [5.74, 6) is 0. The highest BCUT2D eigenvalue weighted by molar-refractivity contribution is 7.89. The summed E-state index contributed by atoms with van der Waals surface area (Å²) in [6, 6.07) is 1.45. The third-order valence-corrected chi connectivity index (χ3v) is 5.25. The lowest BCUT2D eigenvalue weighted by Crippen LogP contribution is -2.29. The van der Waals surface area contributed by atoms with Crippen LogP contribution in [0.3, 0.4) is 0 Å². The van der Waals surface area contributed by atoms with Crippen molar-refractivity contribution < 1.29 is 13.2 Å². The Morgan fingerprint density at radius 1 is 1.35 bits per heavy atom. The Kier molecular flexibility index (Phi) is 5.77. The van der Waals surface area contributed by atoms with Crippen molar-refractivity contribution in [1.82, 2.24) is 9.71 Å². The van der Waals surface area contributed by atoms with Gasteiger partial charge in [0.15, 0.2) is 0 Å². The van der Waals surface area contributed by atoms with E-state index in [4.69, 9.17) is 16.3 Å². The standard InChI is InChI=1S/C13H19ClN2O3S/c14-12-6-7-15-10-13(12)20(17,18)16-8-9-19-11-4-2-1-3-5-11/h6-7,10-11,16H,1-5,8-9H2. The van der Waals surface area contributed by atoms with E-state index in [-0.39, 0.29) is 22.6 Å². The molecule has 1 aromatic rings. The fourth-order valence-corrected chi connectivity index (χ4v) is 3.71. The van der Waals surface area contributed by atoms with Crippen LogP contribution in [-0.2, 0) is 14.8 Å². The maximum atomic E-state index is 12.0. The molecule has 0 amide bonds. The number of ether oxygens (including phenoxy) is 1. The number of hydrogen-bond acceptors (Lipinski definition) is 4. The summed E-state index contributed by atoms with van der Waals surface area (Å²) in [5, 5.41) is 0.167. The lowest BCUT2D eigenvalue weighted by Gasteiger charge is -2.22. The summed E-state index contributed by atoms with van der Waals surface area (Å²) in [4.78, 5) is 3.78. The zero-order valence-corrected chi connectivity index (χ0v) is 12.8. The van der Waals surface area contributed by atoms with Crippen molar-refractivity contribution in [3.63, 3.8) is 0 Å². The maximum Gasteiger partial charge on any atom is 0.243 e. The van der Waals surface area contributed by atoms with Crippen LogP contribution in [0.5, 0.6) is 0 Å². The van der Waals surface area contributed by atoms with Gasteiger partial charge in [0.05, 0.1) is 17.7 Å². The molecule has 112 valence electrons. The summed E-state index contributed by atoms with van der Waals surface area (Å²) < 4.78 is 32.2. The van der Waals surface area contributed by atoms with Gasteiger partial charge in [-0.2, -0.15) is 0 Å². The van der Waals surface area contributed by atoms with Crippen molar-refractivity contribution >= 4 is 21.6 Å². The number of aromatic nitrogens is 1. The van der Waals surface area contributed by atoms with E-state index in [9.17, 15) is 8.42 Å². The van der Waals surface area contributed by atoms with Gasteiger partial charge in [0.25, 0.3) is 0 Å². The van der Waals surface area contributed by atoms with Crippen LogP contribution >= 0.6 is 11.6 Å². The average Bonchev–Trinajstić information content (AvgIpc) is 2.45. The van der Waals surface area contributed by atoms with Gasteiger partial charge in [0.2, 0.25) is 10.0 Å². The average molecular weight is 319 g/mol. The van der Waals surface area contributed by atoms with Gasteiger partial charge in [-0.15, -0.1) is 0 Å². The Morgan fingerprint density at radius 3 is 2.80 bits per heavy atom. The molecule has 0 aliphatic heterocycles. The molecule has 1 N–H and O–H groups in total. The number of pyridine rings is 1. The van der Waals surface area contributed by atoms with Gasteiger partial charge in [0.1, 0.15) is 4.90 Å². The van der Waals surface area contributed by atoms with Crippen LogP contribution in [0.25, 0.3) is 0 Å². The number of halogens is 1. The molecule has 5 nitrogen and oxygen atoms in total. The van der Waals surface area contributed by atoms with Crippen molar-refractivity contribution in [3.8, 4) is 0 Å². The predicted octanol–water partition coefficient (Wildman–Crippen LogP) is 2.36. The first kappa shape index (κ1) is 15.7. The third kappa shape index (κ3) is 4.41. The first-order chi connectivity index (χ1) is 9.59. The Morgan fingerprint density at radius 2 is 2.10 bits per heavy atom. The second-order valence-electron chi connectivity index (χ2n) is 4.83. The highest BCUT2D eigenvalue weighted by atomic mass is 35.5. The molecule has 0 atom stereocenters. The van der Waals surface area contributed by atoms with Crippen molar-refractivity contribution in [1.29, 1.82) is 0 Å². The monoisotopic (exact) mass is 318 g/mol. The fraction of sp³-hybridized carbons (Fsp3) is 0.615. The molecule has 1 fully saturated rings. The molecule has 7 heteroatoms. The normalized spacial score (nSPS) is 17.2. The van der Waals surface area contributed by atoms with Gasteiger partial charge in [-0.25, -0.2) is 13.1 Å². The number of hydrogen-bond donors (Lipinski definition) is 1. The summed E-state index contributed by atoms with van der Waals surface area (Å²) >= 11 is 5.85. The minimum atomic E-state index is -3.62. The summed E-state index contributed by atoms with van der Waals surface area (Å²) in [5.41, 5.74) is 0. The minimum absolute atomic E-state index is 0.000618. The second-order valence-corrected chi connectivity index (χ2v) is 6.98. The van der Waals surface area contributed by atoms with Crippen molar-refractivity contribution in [3.05, 3.63) is 23.5 Å². The van der Waals surface area contributed by atoms with Crippen LogP contribution in [0.4, 0.5) is 0 Å². The Bertz CT molecular complexity index is 530. The van der Waals surface area contributed by atoms with E-state index < -0.39 is 10.0 Å². The number of sulfonamides is 1. The van der Waals surface area contributed by atoms with Crippen LogP contribution in [0.1, 0.15) is 32.1 Å². The first-order valence-electron chi connectivity index (χ1n) is 6.80. The van der Waals surface area contributed by atoms with E-state index in [1.807, 2.05) is 0 Å². The van der Waals surface area contributed by atoms with Crippen LogP contribution < -0.4 is 4.72 Å². The highest BCUT2D eigenvalue weighted by Crippen LogP contribution is 2.20. The quantitative estimate of drug-likeness (QED) is 0.818. The largest absolute Gasteiger partial charge is 0.377 e. The van der Waals surface area contributed by atoms with Gasteiger partial charge in [0, 0.05) is 18.9 Å². The lowest BCUT2D eigenvalue weighted by atomic mass is 9.98. The Balaban J connectivity index is 1.79. The molecule has 0 bridgehead atoms. The predicted molar refractivity (Wildman–Crippen MR) is 77.3 cm³/mol. The highest BCUT2D eigenvalue weighted by Gasteiger charge is 2.18. The molecule has 1 aliphatic carbocycles. The van der Waals surface area contributed by atoms with E-state index in [0.717, 1.165) is 12.8 Å². The number of nitrogens with one attached hydrogen (secondary N) is 1. The van der Waals surface area contributed by atoms with E-state index in [0.29, 0.717) is 6.61 Å². The van der Waals surface area contributed by atoms with E-state index in [1.165, 1.54) is 37.7 Å².